The molecule has 1 aliphatic rings. The van der Waals surface area contributed by atoms with E-state index in [1.54, 1.807) is 0 Å². The third-order valence-corrected chi connectivity index (χ3v) is 3.96. The monoisotopic (exact) mass is 333 g/mol. The maximum absolute atomic E-state index is 12.4. The van der Waals surface area contributed by atoms with Gasteiger partial charge < -0.3 is 27.2 Å². The summed E-state index contributed by atoms with van der Waals surface area (Å²) in [5.41, 5.74) is 12.7. The van der Waals surface area contributed by atoms with Gasteiger partial charge in [-0.2, -0.15) is 0 Å². The second kappa shape index (κ2) is 8.30. The molecule has 8 heteroatoms. The largest absolute Gasteiger partial charge is 0.480 e. The first kappa shape index (κ1) is 17.7. The fraction of sp³-hybridized carbons (Fsp3) is 0.438. The summed E-state index contributed by atoms with van der Waals surface area (Å²) in [4.78, 5) is 27.5. The maximum Gasteiger partial charge on any atom is 0.326 e. The van der Waals surface area contributed by atoms with Crippen LogP contribution in [0.1, 0.15) is 24.0 Å². The van der Waals surface area contributed by atoms with Crippen LogP contribution in [0.4, 0.5) is 0 Å². The van der Waals surface area contributed by atoms with Gasteiger partial charge in [-0.3, -0.25) is 9.79 Å². The Morgan fingerprint density at radius 2 is 2.04 bits per heavy atom. The van der Waals surface area contributed by atoms with Crippen LogP contribution in [-0.2, 0) is 22.6 Å². The highest BCUT2D eigenvalue weighted by Crippen LogP contribution is 2.16. The average molecular weight is 333 g/mol. The number of nitrogens with zero attached hydrogens (tertiary/aromatic N) is 1. The Balaban J connectivity index is 1.89. The van der Waals surface area contributed by atoms with Gasteiger partial charge in [-0.25, -0.2) is 4.79 Å². The molecule has 0 unspecified atom stereocenters. The van der Waals surface area contributed by atoms with Crippen molar-refractivity contribution in [2.75, 3.05) is 6.54 Å². The Morgan fingerprint density at radius 1 is 1.33 bits per heavy atom. The van der Waals surface area contributed by atoms with E-state index in [9.17, 15) is 14.7 Å². The highest BCUT2D eigenvalue weighted by atomic mass is 16.4. The van der Waals surface area contributed by atoms with Crippen LogP contribution in [0.5, 0.6) is 0 Å². The molecule has 0 aromatic heterocycles. The number of nitrogens with one attached hydrogen (secondary N) is 2. The van der Waals surface area contributed by atoms with Crippen LogP contribution < -0.4 is 22.1 Å². The van der Waals surface area contributed by atoms with Crippen LogP contribution in [0.15, 0.2) is 29.3 Å². The molecule has 0 saturated heterocycles. The first-order valence-corrected chi connectivity index (χ1v) is 7.86. The summed E-state index contributed by atoms with van der Waals surface area (Å²) in [6.07, 6.45) is 1.28. The van der Waals surface area contributed by atoms with E-state index in [2.05, 4.69) is 15.6 Å². The molecule has 0 spiro atoms. The normalized spacial score (nSPS) is 17.4. The van der Waals surface area contributed by atoms with E-state index in [0.29, 0.717) is 25.9 Å². The van der Waals surface area contributed by atoms with Gasteiger partial charge in [0.1, 0.15) is 6.04 Å². The zero-order chi connectivity index (χ0) is 17.5. The zero-order valence-corrected chi connectivity index (χ0v) is 13.4. The number of hydrogen-bond acceptors (Lipinski definition) is 4. The van der Waals surface area contributed by atoms with Crippen molar-refractivity contribution < 1.29 is 14.7 Å². The topological polar surface area (TPSA) is 143 Å². The number of carbonyl (C=O) groups is 2. The molecule has 8 nitrogen and oxygen atoms in total. The zero-order valence-electron chi connectivity index (χ0n) is 13.4. The van der Waals surface area contributed by atoms with E-state index < -0.39 is 18.1 Å². The molecule has 0 bridgehead atoms. The smallest absolute Gasteiger partial charge is 0.326 e. The molecular formula is C16H23N5O3. The summed E-state index contributed by atoms with van der Waals surface area (Å²) in [7, 11) is 0. The van der Waals surface area contributed by atoms with Crippen molar-refractivity contribution in [3.8, 4) is 0 Å². The van der Waals surface area contributed by atoms with Crippen LogP contribution in [0, 0.1) is 0 Å². The van der Waals surface area contributed by atoms with E-state index in [0.717, 1.165) is 11.1 Å². The molecule has 1 aromatic carbocycles. The van der Waals surface area contributed by atoms with Crippen molar-refractivity contribution in [2.45, 2.75) is 37.9 Å². The standard InChI is InChI=1S/C16H23N5O3/c17-16(18)19-7-3-6-12(15(23)24)21-14(22)13-8-10-4-1-2-5-11(10)9-20-13/h1-2,4-5,12-13,20H,3,6-9H2,(H,21,22)(H,23,24)(H4,17,18,19)/t12-,13-/m0/s1. The molecule has 130 valence electrons. The first-order chi connectivity index (χ1) is 11.5. The molecule has 0 saturated carbocycles. The number of nitrogens with two attached hydrogens (primary N) is 2. The third-order valence-electron chi connectivity index (χ3n) is 3.96. The molecule has 7 N–H and O–H groups in total. The number of aliphatic carboxylic acids is 1. The predicted octanol–water partition coefficient (Wildman–Crippen LogP) is -0.676. The summed E-state index contributed by atoms with van der Waals surface area (Å²) in [5.74, 6) is -1.40. The van der Waals surface area contributed by atoms with Gasteiger partial charge in [0.25, 0.3) is 0 Å². The lowest BCUT2D eigenvalue weighted by Crippen LogP contribution is -2.52. The highest BCUT2D eigenvalue weighted by Gasteiger charge is 2.27. The summed E-state index contributed by atoms with van der Waals surface area (Å²) in [5, 5.41) is 15.0. The van der Waals surface area contributed by atoms with Crippen molar-refractivity contribution in [3.05, 3.63) is 35.4 Å². The second-order valence-electron chi connectivity index (χ2n) is 5.75. The number of fused-ring (bicyclic) bond motifs is 1. The highest BCUT2D eigenvalue weighted by molar-refractivity contribution is 5.87. The number of carbonyl (C=O) groups excluding carboxylic acids is 1. The Labute approximate surface area is 140 Å². The van der Waals surface area contributed by atoms with E-state index >= 15 is 0 Å². The molecule has 2 atom stereocenters. The quantitative estimate of drug-likeness (QED) is 0.254. The molecule has 0 radical (unpaired) electrons. The number of carboxylic acid groups (broad SMARTS) is 1. The van der Waals surface area contributed by atoms with Crippen LogP contribution in [0.25, 0.3) is 0 Å². The lowest BCUT2D eigenvalue weighted by atomic mass is 9.95. The summed E-state index contributed by atoms with van der Waals surface area (Å²) in [6.45, 7) is 0.924. The molecule has 0 fully saturated rings. The van der Waals surface area contributed by atoms with Gasteiger partial charge in [0.2, 0.25) is 5.91 Å². The number of benzene rings is 1. The lowest BCUT2D eigenvalue weighted by Gasteiger charge is -2.26. The number of rotatable bonds is 7. The third kappa shape index (κ3) is 4.95. The Morgan fingerprint density at radius 3 is 2.71 bits per heavy atom. The van der Waals surface area contributed by atoms with Gasteiger partial charge in [0.05, 0.1) is 6.04 Å². The van der Waals surface area contributed by atoms with Gasteiger partial charge in [0.15, 0.2) is 5.96 Å². The van der Waals surface area contributed by atoms with Crippen LogP contribution in [0.3, 0.4) is 0 Å². The molecule has 1 heterocycles. The van der Waals surface area contributed by atoms with E-state index in [1.165, 1.54) is 0 Å². The van der Waals surface area contributed by atoms with Gasteiger partial charge in [0, 0.05) is 13.1 Å². The van der Waals surface area contributed by atoms with E-state index in [-0.39, 0.29) is 18.3 Å². The number of hydrogen-bond donors (Lipinski definition) is 5. The summed E-state index contributed by atoms with van der Waals surface area (Å²) in [6, 6.07) is 6.51. The lowest BCUT2D eigenvalue weighted by molar-refractivity contribution is -0.142. The fourth-order valence-electron chi connectivity index (χ4n) is 2.67. The van der Waals surface area contributed by atoms with Crippen LogP contribution in [-0.4, -0.2) is 41.6 Å². The SMILES string of the molecule is NC(N)=NCCC[C@H](NC(=O)[C@@H]1Cc2ccccc2CN1)C(=O)O. The molecule has 0 aliphatic carbocycles. The molecule has 2 rings (SSSR count). The van der Waals surface area contributed by atoms with Crippen molar-refractivity contribution in [3.63, 3.8) is 0 Å². The minimum absolute atomic E-state index is 0.0315. The molecule has 1 aliphatic heterocycles. The van der Waals surface area contributed by atoms with Crippen LogP contribution >= 0.6 is 0 Å². The summed E-state index contributed by atoms with van der Waals surface area (Å²) >= 11 is 0. The molecule has 1 aromatic rings. The molecule has 1 amide bonds. The maximum atomic E-state index is 12.4. The first-order valence-electron chi connectivity index (χ1n) is 7.86. The van der Waals surface area contributed by atoms with Gasteiger partial charge in [-0.15, -0.1) is 0 Å². The van der Waals surface area contributed by atoms with Crippen molar-refractivity contribution >= 4 is 17.8 Å². The number of amides is 1. The van der Waals surface area contributed by atoms with Crippen molar-refractivity contribution in [1.82, 2.24) is 10.6 Å². The second-order valence-corrected chi connectivity index (χ2v) is 5.75. The van der Waals surface area contributed by atoms with E-state index in [1.807, 2.05) is 24.3 Å². The van der Waals surface area contributed by atoms with Gasteiger partial charge >= 0.3 is 5.97 Å². The van der Waals surface area contributed by atoms with Gasteiger partial charge in [-0.05, 0) is 30.4 Å². The molecular weight excluding hydrogens is 310 g/mol. The fourth-order valence-corrected chi connectivity index (χ4v) is 2.67. The predicted molar refractivity (Wildman–Crippen MR) is 90.3 cm³/mol. The van der Waals surface area contributed by atoms with Crippen molar-refractivity contribution in [2.24, 2.45) is 16.5 Å². The Bertz CT molecular complexity index is 628. The molecule has 24 heavy (non-hydrogen) atoms. The number of guanidine groups is 1. The van der Waals surface area contributed by atoms with Gasteiger partial charge in [-0.1, -0.05) is 24.3 Å². The number of aliphatic imine (C=N–C) groups is 1. The number of carboxylic acids is 1. The van der Waals surface area contributed by atoms with E-state index in [4.69, 9.17) is 11.5 Å². The minimum atomic E-state index is -1.07. The average Bonchev–Trinajstić information content (AvgIpc) is 2.56. The minimum Gasteiger partial charge on any atom is -0.480 e. The van der Waals surface area contributed by atoms with Crippen LogP contribution in [0.2, 0.25) is 0 Å². The Kier molecular flexibility index (Phi) is 6.14. The summed E-state index contributed by atoms with van der Waals surface area (Å²) < 4.78 is 0. The van der Waals surface area contributed by atoms with Crippen molar-refractivity contribution in [1.29, 1.82) is 0 Å². The Hall–Kier alpha value is -2.61.